The van der Waals surface area contributed by atoms with Crippen molar-refractivity contribution in [2.75, 3.05) is 5.73 Å². The second kappa shape index (κ2) is 6.06. The molecule has 1 heterocycles. The normalized spacial score (nSPS) is 11.3. The molecule has 108 valence electrons. The third-order valence-corrected chi connectivity index (χ3v) is 4.24. The zero-order chi connectivity index (χ0) is 14.9. The third kappa shape index (κ3) is 2.65. The molecule has 0 spiro atoms. The molecule has 2 N–H and O–H groups in total. The summed E-state index contributed by atoms with van der Waals surface area (Å²) < 4.78 is 1.72. The van der Waals surface area contributed by atoms with E-state index < -0.39 is 0 Å². The van der Waals surface area contributed by atoms with E-state index in [1.807, 2.05) is 19.2 Å². The van der Waals surface area contributed by atoms with Crippen molar-refractivity contribution in [3.8, 4) is 11.1 Å². The van der Waals surface area contributed by atoms with Crippen LogP contribution in [-0.4, -0.2) is 9.78 Å². The summed E-state index contributed by atoms with van der Waals surface area (Å²) in [6, 6.07) is 5.47. The highest BCUT2D eigenvalue weighted by Gasteiger charge is 2.22. The molecule has 0 fully saturated rings. The lowest BCUT2D eigenvalue weighted by Crippen LogP contribution is -2.00. The summed E-state index contributed by atoms with van der Waals surface area (Å²) in [5.41, 5.74) is 9.04. The lowest BCUT2D eigenvalue weighted by Gasteiger charge is -2.13. The monoisotopic (exact) mass is 311 g/mol. The number of benzene rings is 1. The Balaban J connectivity index is 2.66. The minimum absolute atomic E-state index is 0.375. The van der Waals surface area contributed by atoms with Crippen molar-refractivity contribution in [2.24, 2.45) is 7.05 Å². The van der Waals surface area contributed by atoms with E-state index in [9.17, 15) is 0 Å². The van der Waals surface area contributed by atoms with Crippen LogP contribution in [0.2, 0.25) is 10.0 Å². The fraction of sp³-hybridized carbons (Fsp3) is 0.400. The van der Waals surface area contributed by atoms with Crippen LogP contribution in [0.4, 0.5) is 5.82 Å². The first kappa shape index (κ1) is 15.2. The lowest BCUT2D eigenvalue weighted by atomic mass is 9.93. The highest BCUT2D eigenvalue weighted by Crippen LogP contribution is 2.40. The van der Waals surface area contributed by atoms with Gasteiger partial charge < -0.3 is 5.73 Å². The number of nitrogens with zero attached hydrogens (tertiary/aromatic N) is 2. The minimum atomic E-state index is 0.375. The average Bonchev–Trinajstić information content (AvgIpc) is 2.68. The number of nitrogen functional groups attached to an aromatic ring is 1. The van der Waals surface area contributed by atoms with Crippen molar-refractivity contribution >= 4 is 29.0 Å². The maximum Gasteiger partial charge on any atom is 0.129 e. The van der Waals surface area contributed by atoms with Crippen LogP contribution in [0.5, 0.6) is 0 Å². The Kier molecular flexibility index (Phi) is 4.61. The number of halogens is 2. The van der Waals surface area contributed by atoms with Crippen LogP contribution >= 0.6 is 23.2 Å². The topological polar surface area (TPSA) is 43.8 Å². The standard InChI is InChI=1S/C15H19Cl2N3/c1-4-9(5-2)14-13(15(18)20(3)19-14)11-7-6-10(16)8-12(11)17/h6-9H,4-5,18H2,1-3H3. The van der Waals surface area contributed by atoms with Gasteiger partial charge in [0, 0.05) is 29.1 Å². The number of hydrogen-bond acceptors (Lipinski definition) is 2. The smallest absolute Gasteiger partial charge is 0.129 e. The molecule has 0 aliphatic rings. The molecule has 3 nitrogen and oxygen atoms in total. The summed E-state index contributed by atoms with van der Waals surface area (Å²) >= 11 is 12.3. The second-order valence-electron chi connectivity index (χ2n) is 4.91. The van der Waals surface area contributed by atoms with Crippen molar-refractivity contribution in [3.63, 3.8) is 0 Å². The summed E-state index contributed by atoms with van der Waals surface area (Å²) in [4.78, 5) is 0. The van der Waals surface area contributed by atoms with Crippen molar-refractivity contribution in [3.05, 3.63) is 33.9 Å². The van der Waals surface area contributed by atoms with Gasteiger partial charge in [-0.1, -0.05) is 43.1 Å². The molecule has 0 bridgehead atoms. The van der Waals surface area contributed by atoms with E-state index in [4.69, 9.17) is 28.9 Å². The molecule has 5 heteroatoms. The Hall–Kier alpha value is -1.19. The number of anilines is 1. The number of nitrogens with two attached hydrogens (primary N) is 1. The maximum atomic E-state index is 6.33. The molecule has 0 saturated carbocycles. The Bertz CT molecular complexity index is 616. The molecule has 0 atom stereocenters. The van der Waals surface area contributed by atoms with Gasteiger partial charge >= 0.3 is 0 Å². The van der Waals surface area contributed by atoms with Crippen molar-refractivity contribution < 1.29 is 0 Å². The Labute approximate surface area is 129 Å². The van der Waals surface area contributed by atoms with Crippen LogP contribution in [0.1, 0.15) is 38.3 Å². The van der Waals surface area contributed by atoms with Crippen LogP contribution in [0.15, 0.2) is 18.2 Å². The highest BCUT2D eigenvalue weighted by molar-refractivity contribution is 6.36. The Morgan fingerprint density at radius 3 is 2.45 bits per heavy atom. The first-order chi connectivity index (χ1) is 9.49. The van der Waals surface area contributed by atoms with Gasteiger partial charge in [-0.3, -0.25) is 4.68 Å². The third-order valence-electron chi connectivity index (χ3n) is 3.69. The molecule has 0 saturated heterocycles. The molecule has 1 aromatic carbocycles. The lowest BCUT2D eigenvalue weighted by molar-refractivity contribution is 0.606. The van der Waals surface area contributed by atoms with E-state index in [0.29, 0.717) is 21.8 Å². The van der Waals surface area contributed by atoms with Gasteiger partial charge in [0.2, 0.25) is 0 Å². The SMILES string of the molecule is CCC(CC)c1nn(C)c(N)c1-c1ccc(Cl)cc1Cl. The van der Waals surface area contributed by atoms with Gasteiger partial charge in [-0.05, 0) is 25.0 Å². The summed E-state index contributed by atoms with van der Waals surface area (Å²) in [6.45, 7) is 4.32. The van der Waals surface area contributed by atoms with Gasteiger partial charge in [0.1, 0.15) is 5.82 Å². The first-order valence-corrected chi connectivity index (χ1v) is 7.52. The van der Waals surface area contributed by atoms with Crippen LogP contribution in [0, 0.1) is 0 Å². The molecule has 0 unspecified atom stereocenters. The predicted molar refractivity (Wildman–Crippen MR) is 86.4 cm³/mol. The maximum absolute atomic E-state index is 6.33. The van der Waals surface area contributed by atoms with E-state index in [1.54, 1.807) is 10.7 Å². The molecule has 0 amide bonds. The van der Waals surface area contributed by atoms with Crippen molar-refractivity contribution in [1.29, 1.82) is 0 Å². The van der Waals surface area contributed by atoms with E-state index in [2.05, 4.69) is 18.9 Å². The van der Waals surface area contributed by atoms with Crippen LogP contribution in [0.3, 0.4) is 0 Å². The quantitative estimate of drug-likeness (QED) is 0.874. The van der Waals surface area contributed by atoms with Gasteiger partial charge in [-0.2, -0.15) is 5.10 Å². The average molecular weight is 312 g/mol. The van der Waals surface area contributed by atoms with E-state index in [-0.39, 0.29) is 0 Å². The number of aromatic nitrogens is 2. The van der Waals surface area contributed by atoms with E-state index in [1.165, 1.54) is 0 Å². The predicted octanol–water partition coefficient (Wildman–Crippen LogP) is 4.88. The molecule has 2 rings (SSSR count). The van der Waals surface area contributed by atoms with Crippen LogP contribution < -0.4 is 5.73 Å². The van der Waals surface area contributed by atoms with Gasteiger partial charge in [0.15, 0.2) is 0 Å². The van der Waals surface area contributed by atoms with Gasteiger partial charge in [0.05, 0.1) is 10.7 Å². The molecule has 0 aliphatic carbocycles. The zero-order valence-corrected chi connectivity index (χ0v) is 13.5. The van der Waals surface area contributed by atoms with Crippen LogP contribution in [0.25, 0.3) is 11.1 Å². The first-order valence-electron chi connectivity index (χ1n) is 6.77. The van der Waals surface area contributed by atoms with E-state index >= 15 is 0 Å². The number of rotatable bonds is 4. The van der Waals surface area contributed by atoms with E-state index in [0.717, 1.165) is 29.7 Å². The van der Waals surface area contributed by atoms with Crippen molar-refractivity contribution in [1.82, 2.24) is 9.78 Å². The number of aryl methyl sites for hydroxylation is 1. The molecule has 20 heavy (non-hydrogen) atoms. The number of hydrogen-bond donors (Lipinski definition) is 1. The fourth-order valence-corrected chi connectivity index (χ4v) is 2.99. The summed E-state index contributed by atoms with van der Waals surface area (Å²) in [7, 11) is 1.86. The Morgan fingerprint density at radius 2 is 1.90 bits per heavy atom. The molecule has 1 aromatic heterocycles. The molecule has 0 aliphatic heterocycles. The molecular weight excluding hydrogens is 293 g/mol. The van der Waals surface area contributed by atoms with Crippen LogP contribution in [-0.2, 0) is 7.05 Å². The summed E-state index contributed by atoms with van der Waals surface area (Å²) in [5.74, 6) is 1.01. The highest BCUT2D eigenvalue weighted by atomic mass is 35.5. The van der Waals surface area contributed by atoms with Gasteiger partial charge in [-0.15, -0.1) is 0 Å². The zero-order valence-electron chi connectivity index (χ0n) is 12.0. The van der Waals surface area contributed by atoms with Gasteiger partial charge in [-0.25, -0.2) is 0 Å². The largest absolute Gasteiger partial charge is 0.383 e. The Morgan fingerprint density at radius 1 is 1.25 bits per heavy atom. The summed E-state index contributed by atoms with van der Waals surface area (Å²) in [6.07, 6.45) is 2.04. The van der Waals surface area contributed by atoms with Crippen molar-refractivity contribution in [2.45, 2.75) is 32.6 Å². The molecule has 0 radical (unpaired) electrons. The van der Waals surface area contributed by atoms with Gasteiger partial charge in [0.25, 0.3) is 0 Å². The fourth-order valence-electron chi connectivity index (χ4n) is 2.49. The minimum Gasteiger partial charge on any atom is -0.383 e. The summed E-state index contributed by atoms with van der Waals surface area (Å²) in [5, 5.41) is 5.81. The second-order valence-corrected chi connectivity index (χ2v) is 5.75. The molecule has 2 aromatic rings. The molecular formula is C15H19Cl2N3.